The van der Waals surface area contributed by atoms with Crippen molar-refractivity contribution in [2.45, 2.75) is 32.7 Å². The third-order valence-corrected chi connectivity index (χ3v) is 3.67. The molecule has 0 aliphatic rings. The number of hydrogen-bond donors (Lipinski definition) is 2. The van der Waals surface area contributed by atoms with Crippen molar-refractivity contribution in [3.8, 4) is 5.75 Å². The second kappa shape index (κ2) is 7.20. The molecule has 0 aliphatic heterocycles. The van der Waals surface area contributed by atoms with Crippen LogP contribution in [0.25, 0.3) is 0 Å². The van der Waals surface area contributed by atoms with E-state index in [0.29, 0.717) is 0 Å². The van der Waals surface area contributed by atoms with Crippen LogP contribution in [0, 0.1) is 6.92 Å². The summed E-state index contributed by atoms with van der Waals surface area (Å²) >= 11 is 0. The van der Waals surface area contributed by atoms with Gasteiger partial charge in [-0.1, -0.05) is 30.7 Å². The number of rotatable bonds is 6. The average Bonchev–Trinajstić information content (AvgIpc) is 2.53. The predicted molar refractivity (Wildman–Crippen MR) is 85.1 cm³/mol. The quantitative estimate of drug-likeness (QED) is 0.633. The van der Waals surface area contributed by atoms with Gasteiger partial charge in [0.1, 0.15) is 5.75 Å². The molecule has 0 radical (unpaired) electrons. The maximum atomic E-state index is 5.75. The highest BCUT2D eigenvalue weighted by atomic mass is 16.5. The summed E-state index contributed by atoms with van der Waals surface area (Å²) in [5.74, 6) is 6.59. The summed E-state index contributed by atoms with van der Waals surface area (Å²) in [6.45, 7) is 4.18. The van der Waals surface area contributed by atoms with E-state index in [-0.39, 0.29) is 6.04 Å². The number of benzene rings is 1. The molecule has 0 fully saturated rings. The molecule has 1 aromatic carbocycles. The Morgan fingerprint density at radius 1 is 1.29 bits per heavy atom. The van der Waals surface area contributed by atoms with Crippen molar-refractivity contribution in [3.05, 3.63) is 58.9 Å². The third-order valence-electron chi connectivity index (χ3n) is 3.67. The molecular weight excluding hydrogens is 262 g/mol. The summed E-state index contributed by atoms with van der Waals surface area (Å²) in [6.07, 6.45) is 3.65. The molecule has 4 heteroatoms. The first-order valence-corrected chi connectivity index (χ1v) is 7.22. The molecule has 1 heterocycles. The number of methoxy groups -OCH3 is 1. The Morgan fingerprint density at radius 3 is 2.67 bits per heavy atom. The molecule has 1 unspecified atom stereocenters. The number of nitrogens with two attached hydrogens (primary N) is 1. The van der Waals surface area contributed by atoms with Crippen LogP contribution in [-0.4, -0.2) is 12.1 Å². The van der Waals surface area contributed by atoms with E-state index in [1.165, 1.54) is 11.1 Å². The molecule has 2 aromatic rings. The van der Waals surface area contributed by atoms with Crippen LogP contribution in [0.1, 0.15) is 35.3 Å². The van der Waals surface area contributed by atoms with Crippen LogP contribution in [0.2, 0.25) is 0 Å². The summed E-state index contributed by atoms with van der Waals surface area (Å²) in [6, 6.07) is 10.3. The van der Waals surface area contributed by atoms with Crippen LogP contribution in [0.5, 0.6) is 5.75 Å². The van der Waals surface area contributed by atoms with Gasteiger partial charge in [-0.05, 0) is 31.0 Å². The Morgan fingerprint density at radius 2 is 2.10 bits per heavy atom. The Balaban J connectivity index is 2.24. The molecule has 0 spiro atoms. The average molecular weight is 285 g/mol. The minimum Gasteiger partial charge on any atom is -0.496 e. The van der Waals surface area contributed by atoms with Crippen LogP contribution in [0.4, 0.5) is 0 Å². The Hall–Kier alpha value is -1.91. The minimum atomic E-state index is -0.0279. The molecule has 1 atom stereocenters. The van der Waals surface area contributed by atoms with Crippen LogP contribution < -0.4 is 16.0 Å². The van der Waals surface area contributed by atoms with Gasteiger partial charge >= 0.3 is 0 Å². The first kappa shape index (κ1) is 15.5. The van der Waals surface area contributed by atoms with Gasteiger partial charge in [0.25, 0.3) is 0 Å². The number of pyridine rings is 1. The summed E-state index contributed by atoms with van der Waals surface area (Å²) in [4.78, 5) is 4.50. The topological polar surface area (TPSA) is 60.2 Å². The van der Waals surface area contributed by atoms with Crippen LogP contribution in [-0.2, 0) is 12.8 Å². The maximum Gasteiger partial charge on any atom is 0.123 e. The van der Waals surface area contributed by atoms with Crippen LogP contribution >= 0.6 is 0 Å². The highest BCUT2D eigenvalue weighted by Crippen LogP contribution is 2.28. The van der Waals surface area contributed by atoms with Crippen molar-refractivity contribution in [3.63, 3.8) is 0 Å². The van der Waals surface area contributed by atoms with E-state index in [2.05, 4.69) is 42.5 Å². The molecule has 4 nitrogen and oxygen atoms in total. The molecular formula is C17H23N3O. The van der Waals surface area contributed by atoms with Crippen molar-refractivity contribution < 1.29 is 4.74 Å². The molecule has 112 valence electrons. The van der Waals surface area contributed by atoms with E-state index in [9.17, 15) is 0 Å². The van der Waals surface area contributed by atoms with Gasteiger partial charge in [0.05, 0.1) is 13.2 Å². The summed E-state index contributed by atoms with van der Waals surface area (Å²) in [7, 11) is 1.68. The van der Waals surface area contributed by atoms with Gasteiger partial charge in [-0.2, -0.15) is 0 Å². The first-order valence-electron chi connectivity index (χ1n) is 7.22. The number of hydrazine groups is 1. The van der Waals surface area contributed by atoms with E-state index in [1.54, 1.807) is 7.11 Å². The monoisotopic (exact) mass is 285 g/mol. The third kappa shape index (κ3) is 3.80. The fourth-order valence-electron chi connectivity index (χ4n) is 2.38. The van der Waals surface area contributed by atoms with Crippen molar-refractivity contribution in [2.24, 2.45) is 5.84 Å². The molecule has 0 aliphatic carbocycles. The highest BCUT2D eigenvalue weighted by Gasteiger charge is 2.16. The molecule has 0 amide bonds. The van der Waals surface area contributed by atoms with Gasteiger partial charge < -0.3 is 4.74 Å². The molecule has 0 bridgehead atoms. The summed E-state index contributed by atoms with van der Waals surface area (Å²) < 4.78 is 5.44. The van der Waals surface area contributed by atoms with Crippen molar-refractivity contribution in [2.75, 3.05) is 7.11 Å². The second-order valence-corrected chi connectivity index (χ2v) is 5.18. The van der Waals surface area contributed by atoms with Gasteiger partial charge in [0, 0.05) is 23.9 Å². The normalized spacial score (nSPS) is 12.2. The van der Waals surface area contributed by atoms with Crippen LogP contribution in [0.3, 0.4) is 0 Å². The Bertz CT molecular complexity index is 581. The van der Waals surface area contributed by atoms with E-state index in [0.717, 1.165) is 29.8 Å². The SMILES string of the molecule is CCc1ccc(CC(NN)c2cc(C)ccc2OC)nc1. The smallest absolute Gasteiger partial charge is 0.123 e. The van der Waals surface area contributed by atoms with Gasteiger partial charge in [-0.15, -0.1) is 0 Å². The molecule has 3 N–H and O–H groups in total. The number of aryl methyl sites for hydroxylation is 2. The number of aromatic nitrogens is 1. The fourth-order valence-corrected chi connectivity index (χ4v) is 2.38. The highest BCUT2D eigenvalue weighted by molar-refractivity contribution is 5.39. The number of ether oxygens (including phenoxy) is 1. The Kier molecular flexibility index (Phi) is 5.31. The van der Waals surface area contributed by atoms with Crippen molar-refractivity contribution >= 4 is 0 Å². The van der Waals surface area contributed by atoms with Crippen molar-refractivity contribution in [1.82, 2.24) is 10.4 Å². The van der Waals surface area contributed by atoms with E-state index in [4.69, 9.17) is 10.6 Å². The molecule has 0 saturated heterocycles. The number of nitrogens with zero attached hydrogens (tertiary/aromatic N) is 1. The zero-order valence-electron chi connectivity index (χ0n) is 12.9. The minimum absolute atomic E-state index is 0.0279. The lowest BCUT2D eigenvalue weighted by Gasteiger charge is -2.19. The largest absolute Gasteiger partial charge is 0.496 e. The lowest BCUT2D eigenvalue weighted by molar-refractivity contribution is 0.398. The summed E-state index contributed by atoms with van der Waals surface area (Å²) in [5, 5.41) is 0. The number of nitrogens with one attached hydrogen (secondary N) is 1. The van der Waals surface area contributed by atoms with E-state index >= 15 is 0 Å². The van der Waals surface area contributed by atoms with Gasteiger partial charge in [-0.25, -0.2) is 0 Å². The van der Waals surface area contributed by atoms with E-state index in [1.807, 2.05) is 18.3 Å². The zero-order valence-corrected chi connectivity index (χ0v) is 12.9. The lowest BCUT2D eigenvalue weighted by Crippen LogP contribution is -2.30. The Labute approximate surface area is 126 Å². The zero-order chi connectivity index (χ0) is 15.2. The molecule has 0 saturated carbocycles. The fraction of sp³-hybridized carbons (Fsp3) is 0.353. The lowest BCUT2D eigenvalue weighted by atomic mass is 9.99. The van der Waals surface area contributed by atoms with E-state index < -0.39 is 0 Å². The summed E-state index contributed by atoms with van der Waals surface area (Å²) in [5.41, 5.74) is 7.37. The molecule has 2 rings (SSSR count). The molecule has 1 aromatic heterocycles. The predicted octanol–water partition coefficient (Wildman–Crippen LogP) is 2.71. The second-order valence-electron chi connectivity index (χ2n) is 5.18. The van der Waals surface area contributed by atoms with Gasteiger partial charge in [0.15, 0.2) is 0 Å². The maximum absolute atomic E-state index is 5.75. The van der Waals surface area contributed by atoms with Gasteiger partial charge in [-0.3, -0.25) is 16.3 Å². The standard InChI is InChI=1S/C17H23N3O/c1-4-13-6-7-14(19-11-13)10-16(20-18)15-9-12(2)5-8-17(15)21-3/h5-9,11,16,20H,4,10,18H2,1-3H3. The molecule has 21 heavy (non-hydrogen) atoms. The van der Waals surface area contributed by atoms with Crippen LogP contribution in [0.15, 0.2) is 36.5 Å². The first-order chi connectivity index (χ1) is 10.2. The number of hydrogen-bond acceptors (Lipinski definition) is 4. The van der Waals surface area contributed by atoms with Crippen molar-refractivity contribution in [1.29, 1.82) is 0 Å². The van der Waals surface area contributed by atoms with Gasteiger partial charge in [0.2, 0.25) is 0 Å².